The molecule has 0 radical (unpaired) electrons. The standard InChI is InChI=1S/C30H29F2NO5S/c1-39(35,36)24-8-2-21(3-9-24)25-10-11-26-27(12-13-28(34)29(26)32)30(25)38-23-6-4-22(5-7-23)37-17-16-33-15-14-20(18-31)19-33/h2-13,20,34H,14-19H2,1H3/t20-/m0/s1. The summed E-state index contributed by atoms with van der Waals surface area (Å²) in [7, 11) is -3.36. The Labute approximate surface area is 226 Å². The lowest BCUT2D eigenvalue weighted by Gasteiger charge is -2.17. The number of hydrogen-bond donors (Lipinski definition) is 1. The summed E-state index contributed by atoms with van der Waals surface area (Å²) in [5.74, 6) is 0.418. The van der Waals surface area contributed by atoms with Crippen LogP contribution in [0.5, 0.6) is 23.0 Å². The molecule has 1 aliphatic heterocycles. The summed E-state index contributed by atoms with van der Waals surface area (Å²) in [5, 5.41) is 10.5. The number of aromatic hydroxyl groups is 1. The molecule has 0 saturated carbocycles. The molecule has 1 fully saturated rings. The van der Waals surface area contributed by atoms with Gasteiger partial charge in [0.25, 0.3) is 0 Å². The van der Waals surface area contributed by atoms with E-state index < -0.39 is 21.4 Å². The molecule has 0 amide bonds. The van der Waals surface area contributed by atoms with Gasteiger partial charge < -0.3 is 14.6 Å². The van der Waals surface area contributed by atoms with Crippen molar-refractivity contribution in [3.63, 3.8) is 0 Å². The third kappa shape index (κ3) is 5.99. The van der Waals surface area contributed by atoms with E-state index in [1.54, 1.807) is 54.6 Å². The predicted molar refractivity (Wildman–Crippen MR) is 147 cm³/mol. The van der Waals surface area contributed by atoms with E-state index in [2.05, 4.69) is 4.90 Å². The Bertz CT molecular complexity index is 1570. The minimum atomic E-state index is -3.36. The zero-order valence-electron chi connectivity index (χ0n) is 21.4. The van der Waals surface area contributed by atoms with Gasteiger partial charge in [-0.15, -0.1) is 0 Å². The van der Waals surface area contributed by atoms with Crippen molar-refractivity contribution in [1.82, 2.24) is 4.90 Å². The van der Waals surface area contributed by atoms with E-state index in [4.69, 9.17) is 9.47 Å². The zero-order chi connectivity index (χ0) is 27.6. The van der Waals surface area contributed by atoms with Crippen molar-refractivity contribution >= 4 is 20.6 Å². The van der Waals surface area contributed by atoms with Crippen molar-refractivity contribution in [2.45, 2.75) is 11.3 Å². The molecule has 1 N–H and O–H groups in total. The molecule has 0 aliphatic carbocycles. The number of likely N-dealkylation sites (tertiary alicyclic amines) is 1. The lowest BCUT2D eigenvalue weighted by atomic mass is 9.99. The van der Waals surface area contributed by atoms with Crippen molar-refractivity contribution < 1.29 is 31.8 Å². The number of fused-ring (bicyclic) bond motifs is 1. The first-order valence-electron chi connectivity index (χ1n) is 12.7. The van der Waals surface area contributed by atoms with Gasteiger partial charge in [-0.2, -0.15) is 0 Å². The minimum absolute atomic E-state index is 0.121. The Balaban J connectivity index is 1.39. The fourth-order valence-corrected chi connectivity index (χ4v) is 5.44. The molecular formula is C30H29F2NO5S. The SMILES string of the molecule is CS(=O)(=O)c1ccc(-c2ccc3c(F)c(O)ccc3c2Oc2ccc(OCCN3CC[C@@H](CF)C3)cc2)cc1. The highest BCUT2D eigenvalue weighted by Gasteiger charge is 2.22. The van der Waals surface area contributed by atoms with Crippen LogP contribution in [0.2, 0.25) is 0 Å². The highest BCUT2D eigenvalue weighted by molar-refractivity contribution is 7.90. The molecule has 204 valence electrons. The lowest BCUT2D eigenvalue weighted by Crippen LogP contribution is -2.26. The van der Waals surface area contributed by atoms with Gasteiger partial charge >= 0.3 is 0 Å². The van der Waals surface area contributed by atoms with Gasteiger partial charge in [0, 0.05) is 41.6 Å². The van der Waals surface area contributed by atoms with Crippen molar-refractivity contribution in [3.8, 4) is 34.1 Å². The van der Waals surface area contributed by atoms with Crippen LogP contribution >= 0.6 is 0 Å². The first kappa shape index (κ1) is 26.9. The monoisotopic (exact) mass is 553 g/mol. The van der Waals surface area contributed by atoms with E-state index in [0.717, 1.165) is 32.3 Å². The number of hydrogen-bond acceptors (Lipinski definition) is 6. The molecule has 0 aromatic heterocycles. The van der Waals surface area contributed by atoms with Crippen LogP contribution < -0.4 is 9.47 Å². The molecule has 6 nitrogen and oxygen atoms in total. The van der Waals surface area contributed by atoms with Crippen molar-refractivity contribution in [1.29, 1.82) is 0 Å². The number of rotatable bonds is 9. The van der Waals surface area contributed by atoms with E-state index in [1.165, 1.54) is 18.2 Å². The summed E-state index contributed by atoms with van der Waals surface area (Å²) >= 11 is 0. The number of sulfone groups is 1. The molecule has 1 atom stereocenters. The Morgan fingerprint density at radius 3 is 2.31 bits per heavy atom. The summed E-state index contributed by atoms with van der Waals surface area (Å²) in [5.41, 5.74) is 1.31. The fraction of sp³-hybridized carbons (Fsp3) is 0.267. The van der Waals surface area contributed by atoms with Gasteiger partial charge in [0.15, 0.2) is 21.4 Å². The molecule has 0 bridgehead atoms. The molecule has 1 saturated heterocycles. The summed E-state index contributed by atoms with van der Waals surface area (Å²) in [6.45, 7) is 2.57. The Hall–Kier alpha value is -3.69. The molecule has 0 spiro atoms. The van der Waals surface area contributed by atoms with Gasteiger partial charge in [-0.25, -0.2) is 12.8 Å². The summed E-state index contributed by atoms with van der Waals surface area (Å²) in [6, 6.07) is 19.5. The Kier molecular flexibility index (Phi) is 7.72. The smallest absolute Gasteiger partial charge is 0.175 e. The first-order valence-corrected chi connectivity index (χ1v) is 14.6. The van der Waals surface area contributed by atoms with E-state index in [-0.39, 0.29) is 22.9 Å². The van der Waals surface area contributed by atoms with Crippen molar-refractivity contribution in [3.05, 3.63) is 78.6 Å². The molecule has 4 aromatic rings. The number of ether oxygens (including phenoxy) is 2. The molecule has 9 heteroatoms. The number of phenolic OH excluding ortho intramolecular Hbond substituents is 1. The second-order valence-electron chi connectivity index (χ2n) is 9.76. The van der Waals surface area contributed by atoms with Gasteiger partial charge in [0.1, 0.15) is 23.9 Å². The molecule has 1 heterocycles. The van der Waals surface area contributed by atoms with Crippen LogP contribution in [0, 0.1) is 11.7 Å². The van der Waals surface area contributed by atoms with E-state index in [0.29, 0.717) is 40.4 Å². The summed E-state index contributed by atoms with van der Waals surface area (Å²) in [6.07, 6.45) is 2.02. The normalized spacial score (nSPS) is 16.0. The highest BCUT2D eigenvalue weighted by Crippen LogP contribution is 2.42. The quantitative estimate of drug-likeness (QED) is 0.265. The van der Waals surface area contributed by atoms with Crippen LogP contribution in [0.1, 0.15) is 6.42 Å². The number of nitrogens with zero attached hydrogens (tertiary/aromatic N) is 1. The van der Waals surface area contributed by atoms with E-state index in [9.17, 15) is 22.3 Å². The number of phenols is 1. The van der Waals surface area contributed by atoms with Crippen LogP contribution in [-0.2, 0) is 9.84 Å². The Morgan fingerprint density at radius 1 is 0.949 bits per heavy atom. The third-order valence-corrected chi connectivity index (χ3v) is 8.10. The summed E-state index contributed by atoms with van der Waals surface area (Å²) in [4.78, 5) is 2.39. The average Bonchev–Trinajstić information content (AvgIpc) is 3.39. The van der Waals surface area contributed by atoms with Crippen LogP contribution in [0.25, 0.3) is 21.9 Å². The van der Waals surface area contributed by atoms with E-state index >= 15 is 0 Å². The van der Waals surface area contributed by atoms with Crippen LogP contribution in [0.4, 0.5) is 8.78 Å². The van der Waals surface area contributed by atoms with Crippen molar-refractivity contribution in [2.75, 3.05) is 39.2 Å². The van der Waals surface area contributed by atoms with Gasteiger partial charge in [-0.3, -0.25) is 9.29 Å². The molecule has 4 aromatic carbocycles. The van der Waals surface area contributed by atoms with Gasteiger partial charge in [0.2, 0.25) is 0 Å². The van der Waals surface area contributed by atoms with Gasteiger partial charge in [-0.05, 0) is 73.1 Å². The second-order valence-corrected chi connectivity index (χ2v) is 11.8. The van der Waals surface area contributed by atoms with Crippen LogP contribution in [0.3, 0.4) is 0 Å². The maximum absolute atomic E-state index is 14.7. The number of benzene rings is 4. The second kappa shape index (κ2) is 11.2. The number of alkyl halides is 1. The molecular weight excluding hydrogens is 524 g/mol. The molecule has 1 aliphatic rings. The highest BCUT2D eigenvalue weighted by atomic mass is 32.2. The largest absolute Gasteiger partial charge is 0.505 e. The zero-order valence-corrected chi connectivity index (χ0v) is 22.3. The lowest BCUT2D eigenvalue weighted by molar-refractivity contribution is 0.228. The topological polar surface area (TPSA) is 76.1 Å². The summed E-state index contributed by atoms with van der Waals surface area (Å²) < 4.78 is 63.5. The maximum Gasteiger partial charge on any atom is 0.175 e. The molecule has 5 rings (SSSR count). The van der Waals surface area contributed by atoms with Gasteiger partial charge in [-0.1, -0.05) is 18.2 Å². The van der Waals surface area contributed by atoms with Crippen molar-refractivity contribution in [2.24, 2.45) is 5.92 Å². The Morgan fingerprint density at radius 2 is 1.64 bits per heavy atom. The first-order chi connectivity index (χ1) is 18.7. The minimum Gasteiger partial charge on any atom is -0.505 e. The maximum atomic E-state index is 14.7. The molecule has 0 unspecified atom stereocenters. The number of halogens is 2. The predicted octanol–water partition coefficient (Wildman–Crippen LogP) is 6.22. The fourth-order valence-electron chi connectivity index (χ4n) is 4.81. The van der Waals surface area contributed by atoms with Crippen LogP contribution in [0.15, 0.2) is 77.7 Å². The average molecular weight is 554 g/mol. The van der Waals surface area contributed by atoms with Gasteiger partial charge in [0.05, 0.1) is 11.6 Å². The third-order valence-electron chi connectivity index (χ3n) is 6.97. The molecule has 39 heavy (non-hydrogen) atoms. The van der Waals surface area contributed by atoms with Crippen LogP contribution in [-0.4, -0.2) is 57.6 Å². The van der Waals surface area contributed by atoms with E-state index in [1.807, 2.05) is 0 Å².